The Morgan fingerprint density at radius 1 is 1.21 bits per heavy atom. The molecule has 3 aromatic rings. The van der Waals surface area contributed by atoms with Gasteiger partial charge < -0.3 is 9.64 Å². The quantitative estimate of drug-likeness (QED) is 0.101. The van der Waals surface area contributed by atoms with Crippen molar-refractivity contribution in [3.05, 3.63) is 65.1 Å². The van der Waals surface area contributed by atoms with Gasteiger partial charge in [0.25, 0.3) is 0 Å². The van der Waals surface area contributed by atoms with E-state index >= 15 is 4.39 Å². The number of aromatic nitrogens is 1. The zero-order valence-corrected chi connectivity index (χ0v) is 22.6. The molecular weight excluding hydrogens is 534 g/mol. The molecule has 2 aromatic carbocycles. The number of nitrogens with one attached hydrogen (secondary N) is 1. The molecule has 11 heteroatoms. The third kappa shape index (κ3) is 6.47. The van der Waals surface area contributed by atoms with Crippen LogP contribution in [0.5, 0.6) is 5.75 Å². The lowest BCUT2D eigenvalue weighted by Crippen LogP contribution is -2.48. The molecular formula is C28H31F4N3O3S. The maximum atomic E-state index is 15.8. The summed E-state index contributed by atoms with van der Waals surface area (Å²) in [4.78, 5) is 19.5. The number of aryl methyl sites for hydroxylation is 1. The molecule has 6 nitrogen and oxygen atoms in total. The topological polar surface area (TPSA) is 74.7 Å². The van der Waals surface area contributed by atoms with Crippen LogP contribution in [0.25, 0.3) is 10.9 Å². The van der Waals surface area contributed by atoms with E-state index in [4.69, 9.17) is 4.74 Å². The fraction of sp³-hybridized carbons (Fsp3) is 0.429. The summed E-state index contributed by atoms with van der Waals surface area (Å²) in [6.07, 6.45) is 1.45. The highest BCUT2D eigenvalue weighted by Crippen LogP contribution is 2.41. The molecule has 1 amide bonds. The van der Waals surface area contributed by atoms with Crippen molar-refractivity contribution in [2.24, 2.45) is 5.41 Å². The van der Waals surface area contributed by atoms with Gasteiger partial charge in [-0.3, -0.25) is 15.0 Å². The van der Waals surface area contributed by atoms with E-state index in [1.54, 1.807) is 43.9 Å². The second-order valence-electron chi connectivity index (χ2n) is 9.86. The van der Waals surface area contributed by atoms with Gasteiger partial charge >= 0.3 is 0 Å². The SMILES string of the molecule is COc1ccc2ncc(C)c(C(F)CCC3(C(=O)NO)CCN(CCSc4cc(F)c(F)c(F)c4)CC3)c2c1. The van der Waals surface area contributed by atoms with Gasteiger partial charge in [-0.1, -0.05) is 0 Å². The Kier molecular flexibility index (Phi) is 9.35. The smallest absolute Gasteiger partial charge is 0.249 e. The van der Waals surface area contributed by atoms with Crippen LogP contribution in [0.3, 0.4) is 0 Å². The van der Waals surface area contributed by atoms with Crippen LogP contribution < -0.4 is 10.2 Å². The van der Waals surface area contributed by atoms with Crippen molar-refractivity contribution >= 4 is 28.6 Å². The van der Waals surface area contributed by atoms with E-state index in [1.165, 1.54) is 11.8 Å². The first-order valence-electron chi connectivity index (χ1n) is 12.7. The molecule has 1 aliphatic rings. The number of amides is 1. The molecule has 4 rings (SSSR count). The molecule has 1 fully saturated rings. The zero-order valence-electron chi connectivity index (χ0n) is 21.8. The lowest BCUT2D eigenvalue weighted by Gasteiger charge is -2.40. The number of ether oxygens (including phenoxy) is 1. The average Bonchev–Trinajstić information content (AvgIpc) is 2.94. The molecule has 1 unspecified atom stereocenters. The Morgan fingerprint density at radius 3 is 2.54 bits per heavy atom. The molecule has 1 atom stereocenters. The van der Waals surface area contributed by atoms with Gasteiger partial charge in [0.2, 0.25) is 5.91 Å². The summed E-state index contributed by atoms with van der Waals surface area (Å²) < 4.78 is 61.2. The number of thioether (sulfide) groups is 1. The van der Waals surface area contributed by atoms with Crippen LogP contribution in [0.1, 0.15) is 43.0 Å². The number of pyridine rings is 1. The predicted octanol–water partition coefficient (Wildman–Crippen LogP) is 6.14. The summed E-state index contributed by atoms with van der Waals surface area (Å²) in [5, 5.41) is 10.1. The number of nitrogens with zero attached hydrogens (tertiary/aromatic N) is 2. The summed E-state index contributed by atoms with van der Waals surface area (Å²) in [7, 11) is 1.54. The number of piperidine rings is 1. The van der Waals surface area contributed by atoms with Gasteiger partial charge in [0.15, 0.2) is 17.5 Å². The number of carbonyl (C=O) groups is 1. The lowest BCUT2D eigenvalue weighted by molar-refractivity contribution is -0.143. The van der Waals surface area contributed by atoms with Crippen molar-refractivity contribution in [2.75, 3.05) is 32.5 Å². The average molecular weight is 566 g/mol. The van der Waals surface area contributed by atoms with Crippen molar-refractivity contribution in [3.63, 3.8) is 0 Å². The largest absolute Gasteiger partial charge is 0.497 e. The molecule has 0 aliphatic carbocycles. The number of halogens is 4. The summed E-state index contributed by atoms with van der Waals surface area (Å²) in [6.45, 7) is 3.45. The minimum absolute atomic E-state index is 0.0854. The third-order valence-electron chi connectivity index (χ3n) is 7.54. The van der Waals surface area contributed by atoms with E-state index in [0.717, 1.165) is 12.1 Å². The highest BCUT2D eigenvalue weighted by atomic mass is 32.2. The van der Waals surface area contributed by atoms with Crippen LogP contribution in [-0.2, 0) is 4.79 Å². The van der Waals surface area contributed by atoms with E-state index < -0.39 is 34.9 Å². The van der Waals surface area contributed by atoms with Gasteiger partial charge in [0.05, 0.1) is 18.0 Å². The van der Waals surface area contributed by atoms with Crippen molar-refractivity contribution < 1.29 is 32.3 Å². The maximum Gasteiger partial charge on any atom is 0.249 e. The first kappa shape index (κ1) is 29.1. The number of hydrogen-bond acceptors (Lipinski definition) is 6. The van der Waals surface area contributed by atoms with Gasteiger partial charge in [-0.05, 0) is 87.2 Å². The summed E-state index contributed by atoms with van der Waals surface area (Å²) in [6, 6.07) is 7.24. The maximum absolute atomic E-state index is 15.8. The Labute approximate surface area is 228 Å². The summed E-state index contributed by atoms with van der Waals surface area (Å²) >= 11 is 1.21. The number of carbonyl (C=O) groups excluding carboxylic acids is 1. The van der Waals surface area contributed by atoms with Crippen LogP contribution in [0.2, 0.25) is 0 Å². The Hall–Kier alpha value is -2.89. The number of alkyl halides is 1. The lowest BCUT2D eigenvalue weighted by atomic mass is 9.73. The highest BCUT2D eigenvalue weighted by molar-refractivity contribution is 7.99. The molecule has 0 spiro atoms. The number of fused-ring (bicyclic) bond motifs is 1. The molecule has 0 bridgehead atoms. The summed E-state index contributed by atoms with van der Waals surface area (Å²) in [5.41, 5.74) is 2.72. The Bertz CT molecular complexity index is 1310. The van der Waals surface area contributed by atoms with Crippen LogP contribution in [0.15, 0.2) is 41.4 Å². The van der Waals surface area contributed by atoms with Crippen LogP contribution in [0.4, 0.5) is 17.6 Å². The van der Waals surface area contributed by atoms with Crippen molar-refractivity contribution in [1.82, 2.24) is 15.4 Å². The van der Waals surface area contributed by atoms with Crippen molar-refractivity contribution in [2.45, 2.75) is 43.7 Å². The standard InChI is InChI=1S/C28H31F4N3O3S/c1-17-16-33-24-4-3-18(38-2)13-20(24)25(17)21(29)5-6-28(27(36)34-37)7-9-35(10-8-28)11-12-39-19-14-22(30)26(32)23(31)15-19/h3-4,13-16,21,37H,5-12H2,1-2H3,(H,34,36). The van der Waals surface area contributed by atoms with Gasteiger partial charge in [-0.2, -0.15) is 0 Å². The molecule has 1 aromatic heterocycles. The number of hydroxylamine groups is 1. The van der Waals surface area contributed by atoms with E-state index in [1.807, 2.05) is 0 Å². The molecule has 0 radical (unpaired) electrons. The summed E-state index contributed by atoms with van der Waals surface area (Å²) in [5.74, 6) is -3.37. The van der Waals surface area contributed by atoms with Crippen molar-refractivity contribution in [1.29, 1.82) is 0 Å². The fourth-order valence-electron chi connectivity index (χ4n) is 5.20. The van der Waals surface area contributed by atoms with Gasteiger partial charge in [-0.25, -0.2) is 23.0 Å². The molecule has 1 aliphatic heterocycles. The van der Waals surface area contributed by atoms with Crippen molar-refractivity contribution in [3.8, 4) is 5.75 Å². The monoisotopic (exact) mass is 565 g/mol. The number of hydrogen-bond donors (Lipinski definition) is 2. The molecule has 0 saturated carbocycles. The minimum atomic E-state index is -1.49. The van der Waals surface area contributed by atoms with Gasteiger partial charge in [0, 0.05) is 28.8 Å². The third-order valence-corrected chi connectivity index (χ3v) is 8.49. The molecule has 210 valence electrons. The van der Waals surface area contributed by atoms with Gasteiger partial charge in [0.1, 0.15) is 11.9 Å². The highest BCUT2D eigenvalue weighted by Gasteiger charge is 2.41. The minimum Gasteiger partial charge on any atom is -0.497 e. The second-order valence-corrected chi connectivity index (χ2v) is 11.0. The van der Waals surface area contributed by atoms with E-state index in [-0.39, 0.29) is 12.8 Å². The number of rotatable bonds is 10. The Balaban J connectivity index is 1.39. The van der Waals surface area contributed by atoms with Gasteiger partial charge in [-0.15, -0.1) is 11.8 Å². The molecule has 2 N–H and O–H groups in total. The first-order valence-corrected chi connectivity index (χ1v) is 13.7. The number of likely N-dealkylation sites (tertiary alicyclic amines) is 1. The van der Waals surface area contributed by atoms with E-state index in [2.05, 4.69) is 9.88 Å². The van der Waals surface area contributed by atoms with Crippen LogP contribution in [-0.4, -0.2) is 53.5 Å². The normalized spacial score (nSPS) is 16.3. The number of methoxy groups -OCH3 is 1. The molecule has 39 heavy (non-hydrogen) atoms. The zero-order chi connectivity index (χ0) is 28.2. The first-order chi connectivity index (χ1) is 18.7. The second kappa shape index (κ2) is 12.5. The van der Waals surface area contributed by atoms with E-state index in [9.17, 15) is 23.2 Å². The predicted molar refractivity (Wildman–Crippen MR) is 141 cm³/mol. The fourth-order valence-corrected chi connectivity index (χ4v) is 6.16. The molecule has 1 saturated heterocycles. The molecule has 2 heterocycles. The van der Waals surface area contributed by atoms with Crippen LogP contribution >= 0.6 is 11.8 Å². The number of benzene rings is 2. The van der Waals surface area contributed by atoms with Crippen LogP contribution in [0, 0.1) is 29.8 Å². The van der Waals surface area contributed by atoms with E-state index in [0.29, 0.717) is 70.9 Å². The Morgan fingerprint density at radius 2 is 1.90 bits per heavy atom.